The minimum absolute atomic E-state index is 0.207. The van der Waals surface area contributed by atoms with E-state index in [1.807, 2.05) is 18.2 Å². The highest BCUT2D eigenvalue weighted by atomic mass is 19.1. The Balaban J connectivity index is 1.36. The molecule has 1 fully saturated rings. The molecule has 154 valence electrons. The zero-order valence-corrected chi connectivity index (χ0v) is 17.7. The van der Waals surface area contributed by atoms with Crippen molar-refractivity contribution in [2.75, 3.05) is 13.7 Å². The Hall–Kier alpha value is -2.63. The third-order valence-corrected chi connectivity index (χ3v) is 6.34. The molecule has 3 aromatic rings. The minimum atomic E-state index is -0.207. The normalized spacial score (nSPS) is 18.7. The van der Waals surface area contributed by atoms with Crippen molar-refractivity contribution in [3.63, 3.8) is 0 Å². The van der Waals surface area contributed by atoms with E-state index < -0.39 is 0 Å². The van der Waals surface area contributed by atoms with E-state index in [2.05, 4.69) is 36.1 Å². The lowest BCUT2D eigenvalue weighted by molar-refractivity contribution is 0.180. The molecule has 0 spiro atoms. The first-order valence-electron chi connectivity index (χ1n) is 11.0. The molecule has 0 radical (unpaired) electrons. The van der Waals surface area contributed by atoms with Gasteiger partial charge >= 0.3 is 0 Å². The van der Waals surface area contributed by atoms with Crippen LogP contribution >= 0.6 is 0 Å². The molecule has 0 unspecified atom stereocenters. The highest BCUT2D eigenvalue weighted by Gasteiger charge is 2.21. The van der Waals surface area contributed by atoms with Gasteiger partial charge in [-0.15, -0.1) is 0 Å². The Morgan fingerprint density at radius 3 is 2.27 bits per heavy atom. The largest absolute Gasteiger partial charge is 0.385 e. The summed E-state index contributed by atoms with van der Waals surface area (Å²) in [6, 6.07) is 19.5. The topological polar surface area (TPSA) is 9.23 Å². The summed E-state index contributed by atoms with van der Waals surface area (Å²) in [7, 11) is 1.79. The Morgan fingerprint density at radius 1 is 0.833 bits per heavy atom. The number of fused-ring (bicyclic) bond motifs is 1. The van der Waals surface area contributed by atoms with Crippen LogP contribution in [-0.4, -0.2) is 13.7 Å². The number of rotatable bonds is 5. The summed E-state index contributed by atoms with van der Waals surface area (Å²) in [5, 5.41) is 1.91. The summed E-state index contributed by atoms with van der Waals surface area (Å²) in [6.45, 7) is 0.889. The Bertz CT molecular complexity index is 1030. The Labute approximate surface area is 179 Å². The third-order valence-electron chi connectivity index (χ3n) is 6.34. The Morgan fingerprint density at radius 2 is 1.50 bits per heavy atom. The average molecular weight is 401 g/mol. The van der Waals surface area contributed by atoms with Crippen molar-refractivity contribution in [3.05, 3.63) is 83.2 Å². The average Bonchev–Trinajstić information content (AvgIpc) is 2.79. The van der Waals surface area contributed by atoms with Crippen LogP contribution in [0.5, 0.6) is 0 Å². The van der Waals surface area contributed by atoms with Crippen molar-refractivity contribution in [1.82, 2.24) is 0 Å². The number of halogens is 1. The van der Waals surface area contributed by atoms with Crippen molar-refractivity contribution < 1.29 is 9.13 Å². The lowest BCUT2D eigenvalue weighted by Crippen LogP contribution is -2.13. The van der Waals surface area contributed by atoms with Crippen molar-refractivity contribution in [2.24, 2.45) is 5.92 Å². The highest BCUT2D eigenvalue weighted by molar-refractivity contribution is 5.83. The lowest BCUT2D eigenvalue weighted by Gasteiger charge is -2.28. The maximum absolute atomic E-state index is 13.3. The van der Waals surface area contributed by atoms with Gasteiger partial charge in [0.15, 0.2) is 0 Å². The fourth-order valence-electron chi connectivity index (χ4n) is 4.58. The fourth-order valence-corrected chi connectivity index (χ4v) is 4.58. The molecule has 3 aromatic carbocycles. The molecule has 0 amide bonds. The summed E-state index contributed by atoms with van der Waals surface area (Å²) < 4.78 is 18.5. The number of ether oxygens (including phenoxy) is 1. The monoisotopic (exact) mass is 400 g/mol. The zero-order valence-electron chi connectivity index (χ0n) is 17.7. The second kappa shape index (κ2) is 9.92. The fraction of sp³-hybridized carbons (Fsp3) is 0.357. The summed E-state index contributed by atoms with van der Waals surface area (Å²) in [5.41, 5.74) is 3.43. The van der Waals surface area contributed by atoms with Gasteiger partial charge in [-0.2, -0.15) is 0 Å². The summed E-state index contributed by atoms with van der Waals surface area (Å²) >= 11 is 0. The molecule has 30 heavy (non-hydrogen) atoms. The van der Waals surface area contributed by atoms with E-state index in [1.165, 1.54) is 50.2 Å². The zero-order chi connectivity index (χ0) is 20.8. The molecule has 1 aliphatic rings. The second-order valence-corrected chi connectivity index (χ2v) is 8.43. The Kier molecular flexibility index (Phi) is 6.82. The molecule has 2 heteroatoms. The van der Waals surface area contributed by atoms with Gasteiger partial charge in [0, 0.05) is 24.8 Å². The molecule has 4 rings (SSSR count). The predicted molar refractivity (Wildman–Crippen MR) is 122 cm³/mol. The number of benzene rings is 3. The first-order chi connectivity index (χ1) is 14.7. The van der Waals surface area contributed by atoms with E-state index in [-0.39, 0.29) is 5.82 Å². The molecule has 1 aliphatic carbocycles. The highest BCUT2D eigenvalue weighted by Crippen LogP contribution is 2.37. The summed E-state index contributed by atoms with van der Waals surface area (Å²) in [6.07, 6.45) is 7.75. The van der Waals surface area contributed by atoms with Crippen molar-refractivity contribution in [3.8, 4) is 11.8 Å². The lowest BCUT2D eigenvalue weighted by atomic mass is 9.77. The van der Waals surface area contributed by atoms with Crippen molar-refractivity contribution in [2.45, 2.75) is 44.4 Å². The van der Waals surface area contributed by atoms with E-state index in [0.29, 0.717) is 5.92 Å². The van der Waals surface area contributed by atoms with Crippen molar-refractivity contribution in [1.29, 1.82) is 0 Å². The van der Waals surface area contributed by atoms with Gasteiger partial charge in [0.25, 0.3) is 0 Å². The first-order valence-corrected chi connectivity index (χ1v) is 11.0. The molecule has 0 atom stereocenters. The van der Waals surface area contributed by atoms with E-state index in [9.17, 15) is 4.39 Å². The molecule has 0 saturated heterocycles. The van der Waals surface area contributed by atoms with Gasteiger partial charge < -0.3 is 4.74 Å². The van der Waals surface area contributed by atoms with E-state index >= 15 is 0 Å². The maximum atomic E-state index is 13.3. The maximum Gasteiger partial charge on any atom is 0.123 e. The van der Waals surface area contributed by atoms with Gasteiger partial charge in [0.1, 0.15) is 5.82 Å². The van der Waals surface area contributed by atoms with Crippen LogP contribution in [0.3, 0.4) is 0 Å². The number of hydrogen-bond donors (Lipinski definition) is 0. The first kappa shape index (κ1) is 20.6. The van der Waals surface area contributed by atoms with E-state index in [4.69, 9.17) is 4.74 Å². The van der Waals surface area contributed by atoms with Crippen LogP contribution in [0.25, 0.3) is 10.8 Å². The van der Waals surface area contributed by atoms with Gasteiger partial charge in [-0.3, -0.25) is 0 Å². The smallest absolute Gasteiger partial charge is 0.123 e. The molecule has 0 heterocycles. The molecule has 1 saturated carbocycles. The van der Waals surface area contributed by atoms with Gasteiger partial charge in [-0.25, -0.2) is 4.39 Å². The van der Waals surface area contributed by atoms with Crippen LogP contribution < -0.4 is 0 Å². The molecular weight excluding hydrogens is 371 g/mol. The number of hydrogen-bond acceptors (Lipinski definition) is 1. The van der Waals surface area contributed by atoms with Gasteiger partial charge in [0.2, 0.25) is 0 Å². The predicted octanol–water partition coefficient (Wildman–Crippen LogP) is 7.08. The van der Waals surface area contributed by atoms with Crippen LogP contribution in [0.1, 0.15) is 61.1 Å². The number of methoxy groups -OCH3 is 1. The van der Waals surface area contributed by atoms with E-state index in [0.717, 1.165) is 34.4 Å². The van der Waals surface area contributed by atoms with Crippen LogP contribution in [-0.2, 0) is 4.74 Å². The van der Waals surface area contributed by atoms with Crippen LogP contribution in [0.4, 0.5) is 4.39 Å². The van der Waals surface area contributed by atoms with Crippen LogP contribution in [0, 0.1) is 23.6 Å². The molecule has 0 N–H and O–H groups in total. The molecule has 0 aromatic heterocycles. The SMILES string of the molecule is COCCCC1CCC(c2ccc(C#Cc3ccc4cc(F)ccc4c3)cc2)CC1. The summed E-state index contributed by atoms with van der Waals surface area (Å²) in [4.78, 5) is 0. The third kappa shape index (κ3) is 5.29. The van der Waals surface area contributed by atoms with Gasteiger partial charge in [-0.05, 0) is 103 Å². The van der Waals surface area contributed by atoms with Gasteiger partial charge in [0.05, 0.1) is 0 Å². The van der Waals surface area contributed by atoms with Crippen LogP contribution in [0.2, 0.25) is 0 Å². The van der Waals surface area contributed by atoms with Gasteiger partial charge in [-0.1, -0.05) is 36.1 Å². The molecular formula is C28H29FO. The molecule has 1 nitrogen and oxygen atoms in total. The van der Waals surface area contributed by atoms with E-state index in [1.54, 1.807) is 19.2 Å². The quantitative estimate of drug-likeness (QED) is 0.328. The molecule has 0 bridgehead atoms. The molecule has 0 aliphatic heterocycles. The summed E-state index contributed by atoms with van der Waals surface area (Å²) in [5.74, 6) is 7.86. The standard InChI is InChI=1S/C28H29FO/c1-30-18-2-3-21-6-11-24(12-7-21)25-13-8-22(9-14-25)4-5-23-10-15-27-20-28(29)17-16-26(27)19-23/h8-10,13-17,19-21,24H,2-3,6-7,11-12,18H2,1H3. The van der Waals surface area contributed by atoms with Crippen LogP contribution in [0.15, 0.2) is 60.7 Å². The second-order valence-electron chi connectivity index (χ2n) is 8.43. The minimum Gasteiger partial charge on any atom is -0.385 e. The van der Waals surface area contributed by atoms with Crippen molar-refractivity contribution >= 4 is 10.8 Å².